The Hall–Kier alpha value is -0.550. The number of nitrogens with one attached hydrogen (secondary N) is 1. The van der Waals surface area contributed by atoms with E-state index >= 15 is 0 Å². The number of aryl methyl sites for hydroxylation is 1. The van der Waals surface area contributed by atoms with Gasteiger partial charge < -0.3 is 0 Å². The van der Waals surface area contributed by atoms with Crippen molar-refractivity contribution in [1.82, 2.24) is 0 Å². The zero-order chi connectivity index (χ0) is 14.0. The summed E-state index contributed by atoms with van der Waals surface area (Å²) in [4.78, 5) is 0. The highest BCUT2D eigenvalue weighted by atomic mass is 79.9. The SMILES string of the molecule is Cc1cc(Br)ccc1NS(=O)(=O)CCC(C)(C)C. The second kappa shape index (κ2) is 5.61. The van der Waals surface area contributed by atoms with Crippen molar-refractivity contribution in [2.75, 3.05) is 10.5 Å². The summed E-state index contributed by atoms with van der Waals surface area (Å²) in [6.07, 6.45) is 0.637. The molecular weight excluding hydrogens is 314 g/mol. The van der Waals surface area contributed by atoms with Gasteiger partial charge >= 0.3 is 0 Å². The lowest BCUT2D eigenvalue weighted by atomic mass is 9.94. The van der Waals surface area contributed by atoms with Crippen LogP contribution in [0.3, 0.4) is 0 Å². The highest BCUT2D eigenvalue weighted by Crippen LogP contribution is 2.23. The van der Waals surface area contributed by atoms with Crippen LogP contribution in [-0.2, 0) is 10.0 Å². The first-order valence-electron chi connectivity index (χ1n) is 5.86. The molecule has 1 N–H and O–H groups in total. The van der Waals surface area contributed by atoms with Crippen molar-refractivity contribution in [2.24, 2.45) is 5.41 Å². The number of anilines is 1. The molecular formula is C13H20BrNO2S. The van der Waals surface area contributed by atoms with E-state index < -0.39 is 10.0 Å². The van der Waals surface area contributed by atoms with Crippen molar-refractivity contribution >= 4 is 31.6 Å². The second-order valence-corrected chi connectivity index (χ2v) is 8.45. The standard InChI is InChI=1S/C13H20BrNO2S/c1-10-9-11(14)5-6-12(10)15-18(16,17)8-7-13(2,3)4/h5-6,9,15H,7-8H2,1-4H3. The van der Waals surface area contributed by atoms with E-state index in [2.05, 4.69) is 20.7 Å². The van der Waals surface area contributed by atoms with E-state index in [1.54, 1.807) is 6.07 Å². The summed E-state index contributed by atoms with van der Waals surface area (Å²) < 4.78 is 27.5. The third-order valence-electron chi connectivity index (χ3n) is 2.57. The largest absolute Gasteiger partial charge is 0.283 e. The number of sulfonamides is 1. The molecule has 0 saturated carbocycles. The summed E-state index contributed by atoms with van der Waals surface area (Å²) in [5.74, 6) is 0.145. The van der Waals surface area contributed by atoms with Gasteiger partial charge in [0.05, 0.1) is 11.4 Å². The summed E-state index contributed by atoms with van der Waals surface area (Å²) >= 11 is 3.36. The van der Waals surface area contributed by atoms with Gasteiger partial charge in [0.15, 0.2) is 0 Å². The van der Waals surface area contributed by atoms with Gasteiger partial charge in [0.25, 0.3) is 0 Å². The van der Waals surface area contributed by atoms with Crippen LogP contribution in [0.25, 0.3) is 0 Å². The minimum Gasteiger partial charge on any atom is -0.283 e. The first-order chi connectivity index (χ1) is 8.09. The molecule has 0 bridgehead atoms. The fourth-order valence-corrected chi connectivity index (χ4v) is 3.42. The molecule has 1 aromatic carbocycles. The number of hydrogen-bond donors (Lipinski definition) is 1. The Morgan fingerprint density at radius 2 is 1.89 bits per heavy atom. The second-order valence-electron chi connectivity index (χ2n) is 5.69. The van der Waals surface area contributed by atoms with E-state index in [4.69, 9.17) is 0 Å². The van der Waals surface area contributed by atoms with E-state index in [9.17, 15) is 8.42 Å². The van der Waals surface area contributed by atoms with Crippen molar-refractivity contribution in [3.63, 3.8) is 0 Å². The average molecular weight is 334 g/mol. The average Bonchev–Trinajstić information content (AvgIpc) is 2.19. The van der Waals surface area contributed by atoms with Crippen LogP contribution in [0.5, 0.6) is 0 Å². The molecule has 0 aliphatic heterocycles. The number of benzene rings is 1. The highest BCUT2D eigenvalue weighted by Gasteiger charge is 2.17. The number of rotatable bonds is 4. The lowest BCUT2D eigenvalue weighted by Gasteiger charge is -2.18. The minimum absolute atomic E-state index is 0.0174. The Morgan fingerprint density at radius 3 is 2.39 bits per heavy atom. The first-order valence-corrected chi connectivity index (χ1v) is 8.30. The van der Waals surface area contributed by atoms with Crippen molar-refractivity contribution < 1.29 is 8.42 Å². The maximum absolute atomic E-state index is 12.0. The summed E-state index contributed by atoms with van der Waals surface area (Å²) in [5.41, 5.74) is 1.57. The van der Waals surface area contributed by atoms with Crippen LogP contribution in [0.2, 0.25) is 0 Å². The van der Waals surface area contributed by atoms with E-state index in [1.165, 1.54) is 0 Å². The van der Waals surface area contributed by atoms with Crippen LogP contribution in [0.1, 0.15) is 32.8 Å². The normalized spacial score (nSPS) is 12.5. The van der Waals surface area contributed by atoms with Gasteiger partial charge in [0.1, 0.15) is 0 Å². The molecule has 1 rings (SSSR count). The maximum atomic E-state index is 12.0. The van der Waals surface area contributed by atoms with Crippen LogP contribution >= 0.6 is 15.9 Å². The summed E-state index contributed by atoms with van der Waals surface area (Å²) in [6, 6.07) is 5.49. The Balaban J connectivity index is 2.77. The predicted octanol–water partition coefficient (Wildman–Crippen LogP) is 3.94. The molecule has 0 aliphatic carbocycles. The molecule has 1 aromatic rings. The van der Waals surface area contributed by atoms with Gasteiger partial charge in [-0.25, -0.2) is 8.42 Å². The molecule has 0 aromatic heterocycles. The van der Waals surface area contributed by atoms with E-state index in [0.29, 0.717) is 12.1 Å². The number of hydrogen-bond acceptors (Lipinski definition) is 2. The molecule has 0 heterocycles. The fourth-order valence-electron chi connectivity index (χ4n) is 1.40. The molecule has 0 radical (unpaired) electrons. The van der Waals surface area contributed by atoms with Crippen molar-refractivity contribution in [1.29, 1.82) is 0 Å². The summed E-state index contributed by atoms with van der Waals surface area (Å²) in [7, 11) is -3.27. The fraction of sp³-hybridized carbons (Fsp3) is 0.538. The molecule has 5 heteroatoms. The van der Waals surface area contributed by atoms with Gasteiger partial charge in [-0.2, -0.15) is 0 Å². The third-order valence-corrected chi connectivity index (χ3v) is 4.34. The molecule has 0 saturated heterocycles. The molecule has 0 amide bonds. The Kier molecular flexibility index (Phi) is 4.84. The van der Waals surface area contributed by atoms with Crippen molar-refractivity contribution in [3.8, 4) is 0 Å². The van der Waals surface area contributed by atoms with Crippen molar-refractivity contribution in [3.05, 3.63) is 28.2 Å². The minimum atomic E-state index is -3.27. The highest BCUT2D eigenvalue weighted by molar-refractivity contribution is 9.10. The van der Waals surface area contributed by atoms with Gasteiger partial charge in [0.2, 0.25) is 10.0 Å². The van der Waals surface area contributed by atoms with Gasteiger partial charge in [-0.15, -0.1) is 0 Å². The molecule has 0 atom stereocenters. The predicted molar refractivity (Wildman–Crippen MR) is 80.4 cm³/mol. The molecule has 0 spiro atoms. The topological polar surface area (TPSA) is 46.2 Å². The monoisotopic (exact) mass is 333 g/mol. The van der Waals surface area contributed by atoms with Crippen LogP contribution in [0.15, 0.2) is 22.7 Å². The van der Waals surface area contributed by atoms with E-state index in [0.717, 1.165) is 10.0 Å². The van der Waals surface area contributed by atoms with Crippen LogP contribution in [0.4, 0.5) is 5.69 Å². The molecule has 18 heavy (non-hydrogen) atoms. The van der Waals surface area contributed by atoms with Gasteiger partial charge in [-0.05, 0) is 42.5 Å². The van der Waals surface area contributed by atoms with E-state index in [1.807, 2.05) is 39.8 Å². The lowest BCUT2D eigenvalue weighted by molar-refractivity contribution is 0.397. The zero-order valence-corrected chi connectivity index (χ0v) is 13.7. The van der Waals surface area contributed by atoms with Gasteiger partial charge in [-0.3, -0.25) is 4.72 Å². The molecule has 0 aliphatic rings. The summed E-state index contributed by atoms with van der Waals surface area (Å²) in [6.45, 7) is 7.99. The first kappa shape index (κ1) is 15.5. The van der Waals surface area contributed by atoms with Crippen LogP contribution in [-0.4, -0.2) is 14.2 Å². The third kappa shape index (κ3) is 5.40. The zero-order valence-electron chi connectivity index (χ0n) is 11.2. The molecule has 102 valence electrons. The molecule has 0 fully saturated rings. The van der Waals surface area contributed by atoms with Gasteiger partial charge in [0, 0.05) is 4.47 Å². The Bertz CT molecular complexity index is 518. The van der Waals surface area contributed by atoms with Crippen LogP contribution < -0.4 is 4.72 Å². The molecule has 0 unspecified atom stereocenters. The number of halogens is 1. The Labute approximate surface area is 118 Å². The van der Waals surface area contributed by atoms with Crippen molar-refractivity contribution in [2.45, 2.75) is 34.1 Å². The van der Waals surface area contributed by atoms with E-state index in [-0.39, 0.29) is 11.2 Å². The lowest BCUT2D eigenvalue weighted by Crippen LogP contribution is -2.21. The smallest absolute Gasteiger partial charge is 0.232 e. The Morgan fingerprint density at radius 1 is 1.28 bits per heavy atom. The van der Waals surface area contributed by atoms with Crippen LogP contribution in [0, 0.1) is 12.3 Å². The quantitative estimate of drug-likeness (QED) is 0.907. The van der Waals surface area contributed by atoms with Gasteiger partial charge in [-0.1, -0.05) is 36.7 Å². The maximum Gasteiger partial charge on any atom is 0.232 e. The molecule has 3 nitrogen and oxygen atoms in total. The summed E-state index contributed by atoms with van der Waals surface area (Å²) in [5, 5.41) is 0.